The molecule has 2 saturated heterocycles. The van der Waals surface area contributed by atoms with Gasteiger partial charge in [-0.15, -0.1) is 11.3 Å². The number of nitrogens with zero attached hydrogens (tertiary/aromatic N) is 2. The summed E-state index contributed by atoms with van der Waals surface area (Å²) < 4.78 is 0.728. The van der Waals surface area contributed by atoms with Crippen molar-refractivity contribution < 1.29 is 0 Å². The Bertz CT molecular complexity index is 686. The Kier molecular flexibility index (Phi) is 2.90. The van der Waals surface area contributed by atoms with Crippen LogP contribution in [0.25, 0.3) is 10.2 Å². The smallest absolute Gasteiger partial charge is 0.268 e. The summed E-state index contributed by atoms with van der Waals surface area (Å²) in [6.45, 7) is 5.25. The van der Waals surface area contributed by atoms with E-state index in [0.29, 0.717) is 5.41 Å². The number of hydrogen-bond acceptors (Lipinski definition) is 5. The number of fused-ring (bicyclic) bond motifs is 1. The van der Waals surface area contributed by atoms with Gasteiger partial charge in [0.05, 0.1) is 12.1 Å². The Hall–Kier alpha value is -1.24. The van der Waals surface area contributed by atoms with Gasteiger partial charge in [-0.05, 0) is 42.8 Å². The molecule has 5 nitrogen and oxygen atoms in total. The van der Waals surface area contributed by atoms with E-state index >= 15 is 0 Å². The van der Waals surface area contributed by atoms with Crippen molar-refractivity contribution >= 4 is 21.6 Å². The summed E-state index contributed by atoms with van der Waals surface area (Å²) in [5.74, 6) is 0.795. The lowest BCUT2D eigenvalue weighted by Gasteiger charge is -2.22. The molecule has 0 amide bonds. The first kappa shape index (κ1) is 12.5. The van der Waals surface area contributed by atoms with E-state index < -0.39 is 0 Å². The third-order valence-electron chi connectivity index (χ3n) is 4.59. The molecule has 1 unspecified atom stereocenters. The van der Waals surface area contributed by atoms with E-state index in [0.717, 1.165) is 48.8 Å². The monoisotopic (exact) mass is 290 g/mol. The molecule has 2 aromatic rings. The van der Waals surface area contributed by atoms with Crippen LogP contribution in [0.4, 0.5) is 0 Å². The first-order valence-corrected chi connectivity index (χ1v) is 8.02. The molecule has 0 aliphatic carbocycles. The van der Waals surface area contributed by atoms with E-state index in [1.54, 1.807) is 0 Å². The Labute approximate surface area is 121 Å². The normalized spacial score (nSPS) is 27.0. The van der Waals surface area contributed by atoms with Gasteiger partial charge in [0.1, 0.15) is 10.5 Å². The predicted octanol–water partition coefficient (Wildman–Crippen LogP) is 1.17. The first-order chi connectivity index (χ1) is 9.74. The number of rotatable bonds is 2. The molecule has 0 aromatic carbocycles. The molecule has 4 heterocycles. The molecule has 0 saturated carbocycles. The molecule has 2 aliphatic heterocycles. The Morgan fingerprint density at radius 2 is 2.40 bits per heavy atom. The van der Waals surface area contributed by atoms with Crippen LogP contribution in [0.1, 0.15) is 18.7 Å². The molecular formula is C14H18N4OS. The van der Waals surface area contributed by atoms with Gasteiger partial charge in [0.25, 0.3) is 5.56 Å². The van der Waals surface area contributed by atoms with Crippen LogP contribution in [-0.4, -0.2) is 41.0 Å². The second-order valence-corrected chi connectivity index (χ2v) is 6.95. The highest BCUT2D eigenvalue weighted by Gasteiger charge is 2.40. The van der Waals surface area contributed by atoms with Crippen LogP contribution >= 0.6 is 11.3 Å². The van der Waals surface area contributed by atoms with Gasteiger partial charge in [0.2, 0.25) is 0 Å². The highest BCUT2D eigenvalue weighted by molar-refractivity contribution is 7.17. The van der Waals surface area contributed by atoms with Crippen LogP contribution in [0.2, 0.25) is 0 Å². The number of hydrogen-bond donors (Lipinski definition) is 2. The molecule has 6 heteroatoms. The summed E-state index contributed by atoms with van der Waals surface area (Å²) in [5.41, 5.74) is 1.29. The lowest BCUT2D eigenvalue weighted by atomic mass is 9.87. The number of aromatic nitrogens is 2. The molecule has 1 spiro atoms. The summed E-state index contributed by atoms with van der Waals surface area (Å²) in [6, 6.07) is 1.92. The van der Waals surface area contributed by atoms with Gasteiger partial charge in [-0.25, -0.2) is 4.98 Å². The fourth-order valence-electron chi connectivity index (χ4n) is 3.51. The fraction of sp³-hybridized carbons (Fsp3) is 0.571. The van der Waals surface area contributed by atoms with Gasteiger partial charge in [-0.2, -0.15) is 0 Å². The maximum Gasteiger partial charge on any atom is 0.268 e. The molecule has 2 aliphatic rings. The summed E-state index contributed by atoms with van der Waals surface area (Å²) in [6.07, 6.45) is 2.53. The highest BCUT2D eigenvalue weighted by atomic mass is 32.1. The Balaban J connectivity index is 1.54. The van der Waals surface area contributed by atoms with Crippen LogP contribution in [0.15, 0.2) is 16.2 Å². The van der Waals surface area contributed by atoms with Crippen molar-refractivity contribution in [3.8, 4) is 0 Å². The van der Waals surface area contributed by atoms with E-state index in [2.05, 4.69) is 20.2 Å². The lowest BCUT2D eigenvalue weighted by molar-refractivity contribution is 0.264. The molecule has 1 atom stereocenters. The zero-order valence-corrected chi connectivity index (χ0v) is 12.1. The van der Waals surface area contributed by atoms with Gasteiger partial charge < -0.3 is 10.3 Å². The second-order valence-electron chi connectivity index (χ2n) is 6.04. The van der Waals surface area contributed by atoms with Gasteiger partial charge in [0, 0.05) is 13.1 Å². The summed E-state index contributed by atoms with van der Waals surface area (Å²) >= 11 is 1.45. The topological polar surface area (TPSA) is 61.0 Å². The SMILES string of the molecule is O=c1[nH]c(CN2CCC3(CCNC3)C2)nc2ccsc12. The molecule has 0 bridgehead atoms. The van der Waals surface area contributed by atoms with E-state index in [1.165, 1.54) is 24.2 Å². The summed E-state index contributed by atoms with van der Waals surface area (Å²) in [4.78, 5) is 21.9. The fourth-order valence-corrected chi connectivity index (χ4v) is 4.24. The molecular weight excluding hydrogens is 272 g/mol. The van der Waals surface area contributed by atoms with Crippen molar-refractivity contribution in [2.24, 2.45) is 5.41 Å². The van der Waals surface area contributed by atoms with Crippen LogP contribution in [0, 0.1) is 5.41 Å². The van der Waals surface area contributed by atoms with Gasteiger partial charge in [-0.3, -0.25) is 9.69 Å². The number of H-pyrrole nitrogens is 1. The maximum atomic E-state index is 12.0. The quantitative estimate of drug-likeness (QED) is 0.871. The van der Waals surface area contributed by atoms with E-state index in [9.17, 15) is 4.79 Å². The van der Waals surface area contributed by atoms with Crippen molar-refractivity contribution in [1.29, 1.82) is 0 Å². The molecule has 2 fully saturated rings. The number of aromatic amines is 1. The van der Waals surface area contributed by atoms with Crippen LogP contribution < -0.4 is 10.9 Å². The molecule has 106 valence electrons. The van der Waals surface area contributed by atoms with Crippen molar-refractivity contribution in [1.82, 2.24) is 20.2 Å². The third-order valence-corrected chi connectivity index (χ3v) is 5.49. The summed E-state index contributed by atoms with van der Waals surface area (Å²) in [7, 11) is 0. The van der Waals surface area contributed by atoms with Crippen molar-refractivity contribution in [2.75, 3.05) is 26.2 Å². The summed E-state index contributed by atoms with van der Waals surface area (Å²) in [5, 5.41) is 5.39. The Morgan fingerprint density at radius 1 is 1.45 bits per heavy atom. The third kappa shape index (κ3) is 2.08. The minimum atomic E-state index is -0.00329. The molecule has 0 radical (unpaired) electrons. The zero-order valence-electron chi connectivity index (χ0n) is 11.3. The average molecular weight is 290 g/mol. The van der Waals surface area contributed by atoms with Gasteiger partial charge >= 0.3 is 0 Å². The number of nitrogens with one attached hydrogen (secondary N) is 2. The standard InChI is InChI=1S/C14H18N4OS/c19-13-12-10(1-6-20-12)16-11(17-13)7-18-5-3-14(9-18)2-4-15-8-14/h1,6,15H,2-5,7-9H2,(H,16,17,19). The van der Waals surface area contributed by atoms with Crippen LogP contribution in [-0.2, 0) is 6.54 Å². The molecule has 4 rings (SSSR count). The van der Waals surface area contributed by atoms with Gasteiger partial charge in [0.15, 0.2) is 0 Å². The molecule has 20 heavy (non-hydrogen) atoms. The van der Waals surface area contributed by atoms with Crippen molar-refractivity contribution in [2.45, 2.75) is 19.4 Å². The number of thiophene rings is 1. The molecule has 2 N–H and O–H groups in total. The van der Waals surface area contributed by atoms with Crippen molar-refractivity contribution in [3.63, 3.8) is 0 Å². The van der Waals surface area contributed by atoms with Crippen LogP contribution in [0.3, 0.4) is 0 Å². The van der Waals surface area contributed by atoms with E-state index in [4.69, 9.17) is 0 Å². The average Bonchev–Trinajstić information content (AvgIpc) is 3.12. The Morgan fingerprint density at radius 3 is 3.25 bits per heavy atom. The van der Waals surface area contributed by atoms with E-state index in [1.807, 2.05) is 11.4 Å². The zero-order chi connectivity index (χ0) is 13.6. The predicted molar refractivity (Wildman–Crippen MR) is 80.1 cm³/mol. The minimum absolute atomic E-state index is 0.00329. The van der Waals surface area contributed by atoms with E-state index in [-0.39, 0.29) is 5.56 Å². The van der Waals surface area contributed by atoms with Gasteiger partial charge in [-0.1, -0.05) is 0 Å². The highest BCUT2D eigenvalue weighted by Crippen LogP contribution is 2.36. The lowest BCUT2D eigenvalue weighted by Crippen LogP contribution is -2.29. The van der Waals surface area contributed by atoms with Crippen molar-refractivity contribution in [3.05, 3.63) is 27.6 Å². The maximum absolute atomic E-state index is 12.0. The van der Waals surface area contributed by atoms with Crippen LogP contribution in [0.5, 0.6) is 0 Å². The first-order valence-electron chi connectivity index (χ1n) is 7.14. The molecule has 2 aromatic heterocycles. The number of likely N-dealkylation sites (tertiary alicyclic amines) is 1. The minimum Gasteiger partial charge on any atom is -0.316 e. The second kappa shape index (κ2) is 4.65. The largest absolute Gasteiger partial charge is 0.316 e.